The van der Waals surface area contributed by atoms with E-state index in [2.05, 4.69) is 15.3 Å². The molecule has 1 fully saturated rings. The van der Waals surface area contributed by atoms with Crippen LogP contribution in [0, 0.1) is 5.92 Å². The van der Waals surface area contributed by atoms with Gasteiger partial charge in [0.15, 0.2) is 0 Å². The lowest BCUT2D eigenvalue weighted by atomic mass is 9.99. The minimum Gasteiger partial charge on any atom is -0.481 e. The van der Waals surface area contributed by atoms with Crippen LogP contribution in [0.25, 0.3) is 22.4 Å². The summed E-state index contributed by atoms with van der Waals surface area (Å²) in [5.74, 6) is -1.22. The molecule has 6 rings (SSSR count). The number of amides is 1. The Hall–Kier alpha value is -4.25. The molecule has 4 aromatic rings. The van der Waals surface area contributed by atoms with Crippen molar-refractivity contribution in [2.75, 3.05) is 25.5 Å². The maximum absolute atomic E-state index is 12.9. The molecule has 2 aromatic heterocycles. The van der Waals surface area contributed by atoms with E-state index in [1.807, 2.05) is 24.3 Å². The molecule has 226 valence electrons. The van der Waals surface area contributed by atoms with Crippen LogP contribution in [0.4, 0.5) is 5.69 Å². The van der Waals surface area contributed by atoms with Crippen LogP contribution in [0.2, 0.25) is 10.0 Å². The summed E-state index contributed by atoms with van der Waals surface area (Å²) < 4.78 is 6.86. The summed E-state index contributed by atoms with van der Waals surface area (Å²) >= 11 is 13.8. The van der Waals surface area contributed by atoms with Crippen LogP contribution in [0.3, 0.4) is 0 Å². The molecule has 2 aliphatic rings. The zero-order valence-corrected chi connectivity index (χ0v) is 25.5. The summed E-state index contributed by atoms with van der Waals surface area (Å²) in [6, 6.07) is 14.2. The lowest BCUT2D eigenvalue weighted by Gasteiger charge is -2.25. The molecule has 44 heavy (non-hydrogen) atoms. The standard InChI is InChI=1S/C32H29Cl2N5O5/c1-38-31(41)22(11-13-35-38)29(40)36-23-8-4-6-20(28(23)34)19-5-3-7-21(27(19)33)24-15-17-9-10-25(26(17)30(37-24)44-2)39-14-12-18(16-39)32(42)43/h3-8,11,13,15,18,25H,9-10,12,14,16H2,1-2H3,(H,36,40)(H,42,43)/t18-,25-/m1/s1. The van der Waals surface area contributed by atoms with Gasteiger partial charge in [0.05, 0.1) is 34.5 Å². The molecule has 0 bridgehead atoms. The van der Waals surface area contributed by atoms with Gasteiger partial charge in [-0.15, -0.1) is 0 Å². The summed E-state index contributed by atoms with van der Waals surface area (Å²) in [6.45, 7) is 1.23. The lowest BCUT2D eigenvalue weighted by molar-refractivity contribution is -0.141. The molecule has 1 saturated heterocycles. The molecule has 1 aliphatic heterocycles. The summed E-state index contributed by atoms with van der Waals surface area (Å²) in [5.41, 5.74) is 4.40. The van der Waals surface area contributed by atoms with E-state index in [9.17, 15) is 19.5 Å². The van der Waals surface area contributed by atoms with Gasteiger partial charge in [0.1, 0.15) is 5.56 Å². The quantitative estimate of drug-likeness (QED) is 0.274. The molecule has 12 heteroatoms. The largest absolute Gasteiger partial charge is 0.481 e. The Morgan fingerprint density at radius 1 is 1.05 bits per heavy atom. The van der Waals surface area contributed by atoms with Crippen molar-refractivity contribution in [3.63, 3.8) is 0 Å². The summed E-state index contributed by atoms with van der Waals surface area (Å²) in [4.78, 5) is 43.9. The Morgan fingerprint density at radius 2 is 1.77 bits per heavy atom. The maximum Gasteiger partial charge on any atom is 0.307 e. The molecule has 10 nitrogen and oxygen atoms in total. The van der Waals surface area contributed by atoms with Gasteiger partial charge in [0, 0.05) is 48.1 Å². The number of aromatic nitrogens is 3. The zero-order chi connectivity index (χ0) is 31.1. The number of ether oxygens (including phenoxy) is 1. The third kappa shape index (κ3) is 5.34. The molecule has 0 unspecified atom stereocenters. The van der Waals surface area contributed by atoms with E-state index >= 15 is 0 Å². The molecule has 3 heterocycles. The van der Waals surface area contributed by atoms with Crippen molar-refractivity contribution in [1.82, 2.24) is 19.7 Å². The van der Waals surface area contributed by atoms with E-state index in [-0.39, 0.29) is 22.5 Å². The van der Waals surface area contributed by atoms with E-state index in [1.165, 1.54) is 19.3 Å². The fourth-order valence-corrected chi connectivity index (χ4v) is 6.75. The second-order valence-electron chi connectivity index (χ2n) is 10.9. The van der Waals surface area contributed by atoms with Crippen molar-refractivity contribution in [3.8, 4) is 28.3 Å². The van der Waals surface area contributed by atoms with Crippen LogP contribution in [0.5, 0.6) is 5.88 Å². The number of rotatable bonds is 7. The minimum absolute atomic E-state index is 0.0526. The number of aliphatic carboxylic acids is 1. The Bertz CT molecular complexity index is 1860. The molecule has 0 saturated carbocycles. The van der Waals surface area contributed by atoms with Crippen molar-refractivity contribution in [2.45, 2.75) is 25.3 Å². The number of pyridine rings is 1. The summed E-state index contributed by atoms with van der Waals surface area (Å²) in [7, 11) is 3.06. The molecule has 1 amide bonds. The van der Waals surface area contributed by atoms with E-state index < -0.39 is 17.4 Å². The number of nitrogens with one attached hydrogen (secondary N) is 1. The third-order valence-electron chi connectivity index (χ3n) is 8.39. The number of carbonyl (C=O) groups excluding carboxylic acids is 1. The van der Waals surface area contributed by atoms with Gasteiger partial charge in [-0.2, -0.15) is 5.10 Å². The molecular formula is C32H29Cl2N5O5. The van der Waals surface area contributed by atoms with Crippen molar-refractivity contribution >= 4 is 40.8 Å². The first-order chi connectivity index (χ1) is 21.2. The molecular weight excluding hydrogens is 605 g/mol. The lowest BCUT2D eigenvalue weighted by Crippen LogP contribution is -2.28. The second-order valence-corrected chi connectivity index (χ2v) is 11.7. The zero-order valence-electron chi connectivity index (χ0n) is 24.0. The molecule has 2 N–H and O–H groups in total. The number of aryl methyl sites for hydroxylation is 2. The number of carboxylic acid groups (broad SMARTS) is 1. The van der Waals surface area contributed by atoms with Gasteiger partial charge in [-0.25, -0.2) is 9.67 Å². The Kier molecular flexibility index (Phi) is 8.15. The smallest absolute Gasteiger partial charge is 0.307 e. The highest BCUT2D eigenvalue weighted by Gasteiger charge is 2.38. The second kappa shape index (κ2) is 12.0. The predicted molar refractivity (Wildman–Crippen MR) is 167 cm³/mol. The number of carboxylic acids is 1. The monoisotopic (exact) mass is 633 g/mol. The summed E-state index contributed by atoms with van der Waals surface area (Å²) in [5, 5.41) is 16.8. The summed E-state index contributed by atoms with van der Waals surface area (Å²) in [6.07, 6.45) is 3.68. The molecule has 2 aromatic carbocycles. The van der Waals surface area contributed by atoms with Gasteiger partial charge < -0.3 is 15.2 Å². The first kappa shape index (κ1) is 29.8. The highest BCUT2D eigenvalue weighted by Crippen LogP contribution is 2.46. The van der Waals surface area contributed by atoms with Crippen molar-refractivity contribution in [1.29, 1.82) is 0 Å². The Balaban J connectivity index is 1.32. The van der Waals surface area contributed by atoms with Gasteiger partial charge in [0.2, 0.25) is 5.88 Å². The fourth-order valence-electron chi connectivity index (χ4n) is 6.16. The van der Waals surface area contributed by atoms with E-state index in [1.54, 1.807) is 25.3 Å². The highest BCUT2D eigenvalue weighted by atomic mass is 35.5. The first-order valence-corrected chi connectivity index (χ1v) is 14.9. The number of carbonyl (C=O) groups is 2. The van der Waals surface area contributed by atoms with E-state index in [4.69, 9.17) is 32.9 Å². The van der Waals surface area contributed by atoms with E-state index in [0.29, 0.717) is 51.9 Å². The highest BCUT2D eigenvalue weighted by molar-refractivity contribution is 6.39. The van der Waals surface area contributed by atoms with Gasteiger partial charge >= 0.3 is 5.97 Å². The van der Waals surface area contributed by atoms with Crippen LogP contribution < -0.4 is 15.6 Å². The number of hydrogen-bond acceptors (Lipinski definition) is 7. The van der Waals surface area contributed by atoms with E-state index in [0.717, 1.165) is 35.2 Å². The average Bonchev–Trinajstić information content (AvgIpc) is 3.67. The first-order valence-electron chi connectivity index (χ1n) is 14.1. The number of nitrogens with zero attached hydrogens (tertiary/aromatic N) is 4. The number of likely N-dealkylation sites (tertiary alicyclic amines) is 1. The van der Waals surface area contributed by atoms with Crippen LogP contribution in [0.15, 0.2) is 59.5 Å². The van der Waals surface area contributed by atoms with Crippen molar-refractivity contribution < 1.29 is 19.4 Å². The van der Waals surface area contributed by atoms with Crippen LogP contribution in [0.1, 0.15) is 40.4 Å². The molecule has 0 spiro atoms. The molecule has 0 radical (unpaired) electrons. The normalized spacial score (nSPS) is 17.8. The predicted octanol–water partition coefficient (Wildman–Crippen LogP) is 5.47. The van der Waals surface area contributed by atoms with Crippen molar-refractivity contribution in [3.05, 3.63) is 91.8 Å². The molecule has 1 aliphatic carbocycles. The SMILES string of the molecule is COc1nc(-c2cccc(-c3cccc(NC(=O)c4ccnn(C)c4=O)c3Cl)c2Cl)cc2c1[C@H](N1CC[C@@H](C(=O)O)C1)CC2. The number of benzene rings is 2. The number of fused-ring (bicyclic) bond motifs is 1. The Morgan fingerprint density at radius 3 is 2.50 bits per heavy atom. The van der Waals surface area contributed by atoms with Crippen molar-refractivity contribution in [2.24, 2.45) is 13.0 Å². The fraction of sp³-hybridized carbons (Fsp3) is 0.281. The topological polar surface area (TPSA) is 127 Å². The number of anilines is 1. The number of methoxy groups -OCH3 is 1. The third-order valence-corrected chi connectivity index (χ3v) is 9.21. The van der Waals surface area contributed by atoms with Gasteiger partial charge in [-0.3, -0.25) is 19.3 Å². The van der Waals surface area contributed by atoms with Crippen LogP contribution >= 0.6 is 23.2 Å². The van der Waals surface area contributed by atoms with Crippen LogP contribution in [-0.2, 0) is 18.3 Å². The minimum atomic E-state index is -0.756. The maximum atomic E-state index is 12.9. The van der Waals surface area contributed by atoms with Crippen LogP contribution in [-0.4, -0.2) is 56.8 Å². The number of halogens is 2. The van der Waals surface area contributed by atoms with Gasteiger partial charge in [-0.1, -0.05) is 53.5 Å². The number of hydrogen-bond donors (Lipinski definition) is 2. The van der Waals surface area contributed by atoms with Gasteiger partial charge in [0.25, 0.3) is 11.5 Å². The van der Waals surface area contributed by atoms with Gasteiger partial charge in [-0.05, 0) is 49.6 Å². The molecule has 2 atom stereocenters. The average molecular weight is 635 g/mol. The Labute approximate surface area is 263 Å².